The minimum Gasteiger partial charge on any atom is -0.313 e. The maximum atomic E-state index is 11.1. The van der Waals surface area contributed by atoms with E-state index in [9.17, 15) is 10.1 Å². The summed E-state index contributed by atoms with van der Waals surface area (Å²) in [6.45, 7) is 3.50. The monoisotopic (exact) mass is 260 g/mol. The van der Waals surface area contributed by atoms with Crippen molar-refractivity contribution < 1.29 is 4.92 Å². The van der Waals surface area contributed by atoms with Gasteiger partial charge < -0.3 is 5.32 Å². The van der Waals surface area contributed by atoms with Gasteiger partial charge in [0.25, 0.3) is 5.69 Å². The van der Waals surface area contributed by atoms with Crippen LogP contribution < -0.4 is 5.32 Å². The highest BCUT2D eigenvalue weighted by atomic mass is 16.6. The predicted octanol–water partition coefficient (Wildman–Crippen LogP) is 2.10. The third-order valence-corrected chi connectivity index (χ3v) is 2.83. The Morgan fingerprint density at radius 3 is 2.84 bits per heavy atom. The summed E-state index contributed by atoms with van der Waals surface area (Å²) in [5, 5.41) is 18.6. The van der Waals surface area contributed by atoms with Crippen LogP contribution in [0.5, 0.6) is 0 Å². The SMILES string of the molecule is CCNCc1cn(C)nc1-c1ccccc1[N+](=O)[O-]. The Kier molecular flexibility index (Phi) is 3.91. The van der Waals surface area contributed by atoms with Crippen molar-refractivity contribution >= 4 is 5.69 Å². The number of rotatable bonds is 5. The van der Waals surface area contributed by atoms with Crippen LogP contribution in [0.25, 0.3) is 11.3 Å². The first-order valence-electron chi connectivity index (χ1n) is 6.10. The van der Waals surface area contributed by atoms with E-state index in [1.807, 2.05) is 20.2 Å². The third kappa shape index (κ3) is 2.79. The van der Waals surface area contributed by atoms with Gasteiger partial charge in [-0.2, -0.15) is 5.10 Å². The van der Waals surface area contributed by atoms with E-state index in [2.05, 4.69) is 10.4 Å². The summed E-state index contributed by atoms with van der Waals surface area (Å²) in [6.07, 6.45) is 1.88. The molecule has 1 N–H and O–H groups in total. The highest BCUT2D eigenvalue weighted by molar-refractivity contribution is 5.72. The zero-order valence-electron chi connectivity index (χ0n) is 11.0. The molecule has 2 aromatic rings. The van der Waals surface area contributed by atoms with Crippen molar-refractivity contribution in [3.63, 3.8) is 0 Å². The van der Waals surface area contributed by atoms with E-state index in [1.165, 1.54) is 6.07 Å². The molecule has 1 heterocycles. The number of nitro benzene ring substituents is 1. The molecular weight excluding hydrogens is 244 g/mol. The molecular formula is C13H16N4O2. The number of aryl methyl sites for hydroxylation is 1. The Morgan fingerprint density at radius 1 is 1.42 bits per heavy atom. The van der Waals surface area contributed by atoms with Gasteiger partial charge >= 0.3 is 0 Å². The van der Waals surface area contributed by atoms with Gasteiger partial charge in [-0.25, -0.2) is 0 Å². The molecule has 0 fully saturated rings. The first-order chi connectivity index (χ1) is 9.13. The molecule has 0 unspecified atom stereocenters. The number of benzene rings is 1. The molecule has 1 aromatic heterocycles. The molecule has 2 rings (SSSR count). The summed E-state index contributed by atoms with van der Waals surface area (Å²) in [7, 11) is 1.81. The highest BCUT2D eigenvalue weighted by Gasteiger charge is 2.19. The second-order valence-electron chi connectivity index (χ2n) is 4.23. The second kappa shape index (κ2) is 5.62. The van der Waals surface area contributed by atoms with Crippen LogP contribution in [-0.4, -0.2) is 21.2 Å². The molecule has 0 atom stereocenters. The van der Waals surface area contributed by atoms with Crippen molar-refractivity contribution in [2.45, 2.75) is 13.5 Å². The molecule has 0 radical (unpaired) electrons. The van der Waals surface area contributed by atoms with Gasteiger partial charge in [-0.3, -0.25) is 14.8 Å². The van der Waals surface area contributed by atoms with Crippen molar-refractivity contribution in [2.24, 2.45) is 7.05 Å². The van der Waals surface area contributed by atoms with E-state index in [1.54, 1.807) is 22.9 Å². The molecule has 6 nitrogen and oxygen atoms in total. The van der Waals surface area contributed by atoms with Crippen molar-refractivity contribution in [2.75, 3.05) is 6.54 Å². The van der Waals surface area contributed by atoms with Gasteiger partial charge in [-0.05, 0) is 12.6 Å². The maximum absolute atomic E-state index is 11.1. The topological polar surface area (TPSA) is 73.0 Å². The van der Waals surface area contributed by atoms with Crippen molar-refractivity contribution in [1.82, 2.24) is 15.1 Å². The normalized spacial score (nSPS) is 10.6. The largest absolute Gasteiger partial charge is 0.313 e. The van der Waals surface area contributed by atoms with Crippen molar-refractivity contribution in [1.29, 1.82) is 0 Å². The molecule has 0 bridgehead atoms. The summed E-state index contributed by atoms with van der Waals surface area (Å²) < 4.78 is 1.68. The predicted molar refractivity (Wildman–Crippen MR) is 72.7 cm³/mol. The lowest BCUT2D eigenvalue weighted by Gasteiger charge is -2.03. The number of nitrogens with one attached hydrogen (secondary N) is 1. The summed E-state index contributed by atoms with van der Waals surface area (Å²) in [4.78, 5) is 10.7. The second-order valence-corrected chi connectivity index (χ2v) is 4.23. The van der Waals surface area contributed by atoms with Crippen LogP contribution >= 0.6 is 0 Å². The summed E-state index contributed by atoms with van der Waals surface area (Å²) in [6, 6.07) is 6.68. The van der Waals surface area contributed by atoms with Crippen LogP contribution in [0.2, 0.25) is 0 Å². The molecule has 0 saturated carbocycles. The molecule has 1 aromatic carbocycles. The van der Waals surface area contributed by atoms with E-state index >= 15 is 0 Å². The fraction of sp³-hybridized carbons (Fsp3) is 0.308. The maximum Gasteiger partial charge on any atom is 0.278 e. The van der Waals surface area contributed by atoms with Crippen LogP contribution in [0.3, 0.4) is 0 Å². The molecule has 19 heavy (non-hydrogen) atoms. The molecule has 0 aliphatic rings. The summed E-state index contributed by atoms with van der Waals surface area (Å²) >= 11 is 0. The van der Waals surface area contributed by atoms with Gasteiger partial charge in [-0.1, -0.05) is 19.1 Å². The molecule has 100 valence electrons. The lowest BCUT2D eigenvalue weighted by atomic mass is 10.1. The Balaban J connectivity index is 2.49. The van der Waals surface area contributed by atoms with Gasteiger partial charge in [-0.15, -0.1) is 0 Å². The fourth-order valence-corrected chi connectivity index (χ4v) is 1.99. The average Bonchev–Trinajstić information content (AvgIpc) is 2.77. The van der Waals surface area contributed by atoms with Crippen molar-refractivity contribution in [3.05, 3.63) is 46.1 Å². The Bertz CT molecular complexity index is 592. The van der Waals surface area contributed by atoms with E-state index in [0.717, 1.165) is 12.1 Å². The number of hydrogen-bond acceptors (Lipinski definition) is 4. The van der Waals surface area contributed by atoms with Gasteiger partial charge in [0.15, 0.2) is 0 Å². The number of nitro groups is 1. The number of hydrogen-bond donors (Lipinski definition) is 1. The minimum atomic E-state index is -0.374. The molecule has 6 heteroatoms. The Labute approximate surface area is 111 Å². The van der Waals surface area contributed by atoms with Crippen LogP contribution in [-0.2, 0) is 13.6 Å². The summed E-state index contributed by atoms with van der Waals surface area (Å²) in [5.41, 5.74) is 2.26. The van der Waals surface area contributed by atoms with Crippen molar-refractivity contribution in [3.8, 4) is 11.3 Å². The number of aromatic nitrogens is 2. The molecule has 0 spiro atoms. The standard InChI is InChI=1S/C13H16N4O2/c1-3-14-8-10-9-16(2)15-13(10)11-6-4-5-7-12(11)17(18)19/h4-7,9,14H,3,8H2,1-2H3. The molecule has 0 amide bonds. The average molecular weight is 260 g/mol. The first kappa shape index (κ1) is 13.2. The Hall–Kier alpha value is -2.21. The number of para-hydroxylation sites is 1. The molecule has 0 saturated heterocycles. The van der Waals surface area contributed by atoms with Crippen LogP contribution in [0.4, 0.5) is 5.69 Å². The van der Waals surface area contributed by atoms with Crippen LogP contribution in [0.15, 0.2) is 30.5 Å². The number of nitrogens with zero attached hydrogens (tertiary/aromatic N) is 3. The van der Waals surface area contributed by atoms with Gasteiger partial charge in [0.05, 0.1) is 10.5 Å². The quantitative estimate of drug-likeness (QED) is 0.660. The van der Waals surface area contributed by atoms with E-state index < -0.39 is 0 Å². The zero-order valence-corrected chi connectivity index (χ0v) is 11.0. The first-order valence-corrected chi connectivity index (χ1v) is 6.10. The fourth-order valence-electron chi connectivity index (χ4n) is 1.99. The zero-order chi connectivity index (χ0) is 13.8. The third-order valence-electron chi connectivity index (χ3n) is 2.83. The molecule has 0 aliphatic heterocycles. The van der Waals surface area contributed by atoms with Gasteiger partial charge in [0.2, 0.25) is 0 Å². The van der Waals surface area contributed by atoms with E-state index in [4.69, 9.17) is 0 Å². The van der Waals surface area contributed by atoms with Crippen LogP contribution in [0.1, 0.15) is 12.5 Å². The summed E-state index contributed by atoms with van der Waals surface area (Å²) in [5.74, 6) is 0. The lowest BCUT2D eigenvalue weighted by molar-refractivity contribution is -0.384. The van der Waals surface area contributed by atoms with E-state index in [-0.39, 0.29) is 10.6 Å². The lowest BCUT2D eigenvalue weighted by Crippen LogP contribution is -2.12. The van der Waals surface area contributed by atoms with Gasteiger partial charge in [0, 0.05) is 31.4 Å². The molecule has 0 aliphatic carbocycles. The minimum absolute atomic E-state index is 0.0824. The van der Waals surface area contributed by atoms with Crippen LogP contribution in [0, 0.1) is 10.1 Å². The highest BCUT2D eigenvalue weighted by Crippen LogP contribution is 2.30. The smallest absolute Gasteiger partial charge is 0.278 e. The van der Waals surface area contributed by atoms with Gasteiger partial charge in [0.1, 0.15) is 5.69 Å². The Morgan fingerprint density at radius 2 is 2.16 bits per heavy atom. The van der Waals surface area contributed by atoms with E-state index in [0.29, 0.717) is 17.8 Å².